The molecule has 0 amide bonds. The third-order valence-electron chi connectivity index (χ3n) is 3.54. The zero-order chi connectivity index (χ0) is 12.3. The van der Waals surface area contributed by atoms with Crippen LogP contribution in [0.1, 0.15) is 25.7 Å². The number of carbonyl (C=O) groups excluding carboxylic acids is 1. The van der Waals surface area contributed by atoms with Crippen LogP contribution in [-0.2, 0) is 19.0 Å². The maximum Gasteiger partial charge on any atom is 0.308 e. The zero-order valence-electron chi connectivity index (χ0n) is 10.6. The van der Waals surface area contributed by atoms with Gasteiger partial charge in [0.2, 0.25) is 0 Å². The molecule has 0 radical (unpaired) electrons. The fourth-order valence-electron chi connectivity index (χ4n) is 2.49. The van der Waals surface area contributed by atoms with E-state index in [0.717, 1.165) is 13.0 Å². The SMILES string of the molecule is COC(=O)CC1COC(C2CCCCN2C)O1. The van der Waals surface area contributed by atoms with Crippen molar-refractivity contribution in [2.75, 3.05) is 27.3 Å². The van der Waals surface area contributed by atoms with Gasteiger partial charge in [0.1, 0.15) is 0 Å². The van der Waals surface area contributed by atoms with Crippen molar-refractivity contribution in [2.24, 2.45) is 0 Å². The third kappa shape index (κ3) is 3.18. The Morgan fingerprint density at radius 3 is 3.00 bits per heavy atom. The number of methoxy groups -OCH3 is 1. The van der Waals surface area contributed by atoms with E-state index in [1.165, 1.54) is 20.0 Å². The van der Waals surface area contributed by atoms with Gasteiger partial charge in [-0.15, -0.1) is 0 Å². The Morgan fingerprint density at radius 1 is 1.47 bits per heavy atom. The van der Waals surface area contributed by atoms with Gasteiger partial charge in [0.05, 0.1) is 32.3 Å². The van der Waals surface area contributed by atoms with Crippen molar-refractivity contribution in [1.29, 1.82) is 0 Å². The fourth-order valence-corrected chi connectivity index (χ4v) is 2.49. The van der Waals surface area contributed by atoms with Crippen molar-refractivity contribution < 1.29 is 19.0 Å². The molecule has 5 heteroatoms. The van der Waals surface area contributed by atoms with Crippen LogP contribution in [-0.4, -0.2) is 56.6 Å². The van der Waals surface area contributed by atoms with Gasteiger partial charge in [0.15, 0.2) is 6.29 Å². The highest BCUT2D eigenvalue weighted by Crippen LogP contribution is 2.26. The number of esters is 1. The van der Waals surface area contributed by atoms with Crippen LogP contribution in [0.2, 0.25) is 0 Å². The summed E-state index contributed by atoms with van der Waals surface area (Å²) in [4.78, 5) is 13.4. The predicted octanol–water partition coefficient (Wildman–Crippen LogP) is 0.775. The summed E-state index contributed by atoms with van der Waals surface area (Å²) in [5, 5.41) is 0. The van der Waals surface area contributed by atoms with Gasteiger partial charge in [-0.1, -0.05) is 6.42 Å². The molecule has 0 N–H and O–H groups in total. The number of carbonyl (C=O) groups is 1. The highest BCUT2D eigenvalue weighted by Gasteiger charge is 2.36. The number of hydrogen-bond acceptors (Lipinski definition) is 5. The Kier molecular flexibility index (Phi) is 4.36. The van der Waals surface area contributed by atoms with Gasteiger partial charge in [0.25, 0.3) is 0 Å². The van der Waals surface area contributed by atoms with E-state index in [1.807, 2.05) is 0 Å². The molecule has 2 rings (SSSR count). The number of rotatable bonds is 3. The van der Waals surface area contributed by atoms with Crippen LogP contribution in [0.25, 0.3) is 0 Å². The second kappa shape index (κ2) is 5.80. The van der Waals surface area contributed by atoms with E-state index in [2.05, 4.69) is 16.7 Å². The first-order valence-electron chi connectivity index (χ1n) is 6.25. The van der Waals surface area contributed by atoms with Crippen molar-refractivity contribution in [2.45, 2.75) is 44.1 Å². The maximum absolute atomic E-state index is 11.1. The average Bonchev–Trinajstić information content (AvgIpc) is 2.78. The molecule has 0 spiro atoms. The summed E-state index contributed by atoms with van der Waals surface area (Å²) in [6, 6.07) is 0.325. The summed E-state index contributed by atoms with van der Waals surface area (Å²) < 4.78 is 16.1. The molecule has 2 aliphatic rings. The molecular formula is C12H21NO4. The van der Waals surface area contributed by atoms with Crippen molar-refractivity contribution in [3.05, 3.63) is 0 Å². The first-order valence-corrected chi connectivity index (χ1v) is 6.25. The standard InChI is InChI=1S/C12H21NO4/c1-13-6-4-3-5-10(13)12-16-8-9(17-12)7-11(14)15-2/h9-10,12H,3-8H2,1-2H3. The minimum Gasteiger partial charge on any atom is -0.469 e. The Labute approximate surface area is 102 Å². The minimum atomic E-state index is -0.240. The number of hydrogen-bond donors (Lipinski definition) is 0. The summed E-state index contributed by atoms with van der Waals surface area (Å²) in [6.45, 7) is 1.58. The predicted molar refractivity (Wildman–Crippen MR) is 61.5 cm³/mol. The lowest BCUT2D eigenvalue weighted by Crippen LogP contribution is -2.45. The smallest absolute Gasteiger partial charge is 0.308 e. The molecule has 0 bridgehead atoms. The van der Waals surface area contributed by atoms with E-state index in [4.69, 9.17) is 9.47 Å². The van der Waals surface area contributed by atoms with Gasteiger partial charge in [-0.05, 0) is 26.4 Å². The lowest BCUT2D eigenvalue weighted by Gasteiger charge is -2.35. The first-order chi connectivity index (χ1) is 8.20. The summed E-state index contributed by atoms with van der Waals surface area (Å²) in [7, 11) is 3.49. The van der Waals surface area contributed by atoms with Crippen LogP contribution in [0.4, 0.5) is 0 Å². The van der Waals surface area contributed by atoms with E-state index in [0.29, 0.717) is 12.6 Å². The summed E-state index contributed by atoms with van der Waals surface area (Å²) in [6.07, 6.45) is 3.51. The number of piperidine rings is 1. The van der Waals surface area contributed by atoms with Crippen LogP contribution < -0.4 is 0 Å². The lowest BCUT2D eigenvalue weighted by molar-refractivity contribution is -0.146. The van der Waals surface area contributed by atoms with Crippen LogP contribution in [0.5, 0.6) is 0 Å². The van der Waals surface area contributed by atoms with Gasteiger partial charge < -0.3 is 14.2 Å². The number of nitrogens with zero attached hydrogens (tertiary/aromatic N) is 1. The monoisotopic (exact) mass is 243 g/mol. The Morgan fingerprint density at radius 2 is 2.29 bits per heavy atom. The number of likely N-dealkylation sites (tertiary alicyclic amines) is 1. The van der Waals surface area contributed by atoms with Crippen LogP contribution >= 0.6 is 0 Å². The maximum atomic E-state index is 11.1. The Bertz CT molecular complexity index is 271. The molecule has 5 nitrogen and oxygen atoms in total. The van der Waals surface area contributed by atoms with E-state index < -0.39 is 0 Å². The molecule has 0 aromatic rings. The second-order valence-electron chi connectivity index (χ2n) is 4.78. The van der Waals surface area contributed by atoms with Crippen molar-refractivity contribution in [3.8, 4) is 0 Å². The fraction of sp³-hybridized carbons (Fsp3) is 0.917. The largest absolute Gasteiger partial charge is 0.469 e. The summed E-state index contributed by atoms with van der Waals surface area (Å²) in [5.41, 5.74) is 0. The molecule has 3 unspecified atom stereocenters. The molecule has 0 aliphatic carbocycles. The van der Waals surface area contributed by atoms with Crippen molar-refractivity contribution in [3.63, 3.8) is 0 Å². The lowest BCUT2D eigenvalue weighted by atomic mass is 10.0. The van der Waals surface area contributed by atoms with E-state index in [1.54, 1.807) is 0 Å². The Hall–Kier alpha value is -0.650. The quantitative estimate of drug-likeness (QED) is 0.685. The van der Waals surface area contributed by atoms with E-state index in [-0.39, 0.29) is 24.8 Å². The van der Waals surface area contributed by atoms with Gasteiger partial charge in [-0.2, -0.15) is 0 Å². The molecule has 0 aromatic heterocycles. The molecule has 0 aromatic carbocycles. The molecule has 2 saturated heterocycles. The van der Waals surface area contributed by atoms with Gasteiger partial charge >= 0.3 is 5.97 Å². The summed E-state index contributed by atoms with van der Waals surface area (Å²) in [5.74, 6) is -0.240. The van der Waals surface area contributed by atoms with Gasteiger partial charge in [-0.25, -0.2) is 0 Å². The van der Waals surface area contributed by atoms with Gasteiger partial charge in [0, 0.05) is 0 Å². The topological polar surface area (TPSA) is 48.0 Å². The number of ether oxygens (including phenoxy) is 3. The Balaban J connectivity index is 1.82. The third-order valence-corrected chi connectivity index (χ3v) is 3.54. The minimum absolute atomic E-state index is 0.150. The van der Waals surface area contributed by atoms with Crippen LogP contribution in [0, 0.1) is 0 Å². The van der Waals surface area contributed by atoms with Crippen molar-refractivity contribution in [1.82, 2.24) is 4.90 Å². The highest BCUT2D eigenvalue weighted by atomic mass is 16.7. The summed E-state index contributed by atoms with van der Waals surface area (Å²) >= 11 is 0. The number of likely N-dealkylation sites (N-methyl/N-ethyl adjacent to an activating group) is 1. The first kappa shape index (κ1) is 12.8. The average molecular weight is 243 g/mol. The molecule has 2 heterocycles. The molecule has 3 atom stereocenters. The molecule has 2 fully saturated rings. The molecule has 0 saturated carbocycles. The second-order valence-corrected chi connectivity index (χ2v) is 4.78. The van der Waals surface area contributed by atoms with Gasteiger partial charge in [-0.3, -0.25) is 9.69 Å². The van der Waals surface area contributed by atoms with Crippen molar-refractivity contribution >= 4 is 5.97 Å². The van der Waals surface area contributed by atoms with E-state index in [9.17, 15) is 4.79 Å². The molecule has 2 aliphatic heterocycles. The normalized spacial score (nSPS) is 34.8. The highest BCUT2D eigenvalue weighted by molar-refractivity contribution is 5.69. The van der Waals surface area contributed by atoms with Crippen LogP contribution in [0.3, 0.4) is 0 Å². The molecule has 98 valence electrons. The van der Waals surface area contributed by atoms with E-state index >= 15 is 0 Å². The molecular weight excluding hydrogens is 222 g/mol. The van der Waals surface area contributed by atoms with Crippen LogP contribution in [0.15, 0.2) is 0 Å². The zero-order valence-corrected chi connectivity index (χ0v) is 10.6. The molecule has 17 heavy (non-hydrogen) atoms.